The number of ether oxygens (including phenoxy) is 1. The summed E-state index contributed by atoms with van der Waals surface area (Å²) < 4.78 is 5.31. The van der Waals surface area contributed by atoms with Crippen LogP contribution < -0.4 is 5.32 Å². The minimum absolute atomic E-state index is 0.329. The van der Waals surface area contributed by atoms with Gasteiger partial charge in [-0.15, -0.1) is 0 Å². The van der Waals surface area contributed by atoms with Gasteiger partial charge in [0.25, 0.3) is 0 Å². The first-order chi connectivity index (χ1) is 9.51. The largest absolute Gasteiger partial charge is 0.385 e. The average Bonchev–Trinajstić information content (AvgIpc) is 3.30. The molecule has 1 N–H and O–H groups in total. The highest BCUT2D eigenvalue weighted by Crippen LogP contribution is 2.44. The van der Waals surface area contributed by atoms with E-state index in [2.05, 4.69) is 37.9 Å². The Morgan fingerprint density at radius 2 is 1.95 bits per heavy atom. The van der Waals surface area contributed by atoms with Crippen LogP contribution in [-0.4, -0.2) is 48.8 Å². The number of rotatable bonds is 7. The van der Waals surface area contributed by atoms with Crippen LogP contribution in [0.15, 0.2) is 0 Å². The fourth-order valence-corrected chi connectivity index (χ4v) is 4.01. The van der Waals surface area contributed by atoms with Gasteiger partial charge >= 0.3 is 0 Å². The van der Waals surface area contributed by atoms with Crippen LogP contribution in [0.25, 0.3) is 0 Å². The topological polar surface area (TPSA) is 24.5 Å². The zero-order valence-electron chi connectivity index (χ0n) is 14.2. The first kappa shape index (κ1) is 16.3. The van der Waals surface area contributed by atoms with Crippen LogP contribution in [0.4, 0.5) is 0 Å². The molecule has 0 aromatic heterocycles. The summed E-state index contributed by atoms with van der Waals surface area (Å²) in [7, 11) is 1.81. The molecule has 1 aliphatic heterocycles. The van der Waals surface area contributed by atoms with Crippen LogP contribution in [0.5, 0.6) is 0 Å². The van der Waals surface area contributed by atoms with E-state index in [0.29, 0.717) is 17.1 Å². The summed E-state index contributed by atoms with van der Waals surface area (Å²) in [5.74, 6) is 0.895. The highest BCUT2D eigenvalue weighted by molar-refractivity contribution is 5.09. The molecule has 1 heterocycles. The van der Waals surface area contributed by atoms with E-state index in [1.54, 1.807) is 0 Å². The molecule has 1 aliphatic carbocycles. The highest BCUT2D eigenvalue weighted by atomic mass is 16.5. The maximum Gasteiger partial charge on any atom is 0.0477 e. The van der Waals surface area contributed by atoms with Gasteiger partial charge in [-0.05, 0) is 51.9 Å². The molecule has 2 unspecified atom stereocenters. The Morgan fingerprint density at radius 1 is 1.30 bits per heavy atom. The molecule has 0 radical (unpaired) electrons. The Kier molecular flexibility index (Phi) is 5.14. The monoisotopic (exact) mass is 282 g/mol. The van der Waals surface area contributed by atoms with Crippen molar-refractivity contribution in [2.75, 3.05) is 26.8 Å². The first-order valence-corrected chi connectivity index (χ1v) is 8.52. The van der Waals surface area contributed by atoms with E-state index in [1.807, 2.05) is 7.11 Å². The number of nitrogens with zero attached hydrogens (tertiary/aromatic N) is 1. The lowest BCUT2D eigenvalue weighted by atomic mass is 9.80. The van der Waals surface area contributed by atoms with Crippen LogP contribution in [0, 0.1) is 5.92 Å². The van der Waals surface area contributed by atoms with E-state index in [4.69, 9.17) is 4.74 Å². The summed E-state index contributed by atoms with van der Waals surface area (Å²) in [5.41, 5.74) is 0.663. The van der Waals surface area contributed by atoms with Gasteiger partial charge in [0.05, 0.1) is 0 Å². The van der Waals surface area contributed by atoms with E-state index >= 15 is 0 Å². The molecular formula is C17H34N2O. The Bertz CT molecular complexity index is 312. The first-order valence-electron chi connectivity index (χ1n) is 8.52. The van der Waals surface area contributed by atoms with E-state index in [1.165, 1.54) is 32.2 Å². The van der Waals surface area contributed by atoms with Gasteiger partial charge in [-0.3, -0.25) is 4.90 Å². The molecule has 0 aromatic carbocycles. The third-order valence-electron chi connectivity index (χ3n) is 6.00. The molecule has 3 heteroatoms. The number of piperazine rings is 1. The van der Waals surface area contributed by atoms with Crippen molar-refractivity contribution in [2.45, 2.75) is 76.9 Å². The molecule has 2 fully saturated rings. The van der Waals surface area contributed by atoms with E-state index in [9.17, 15) is 0 Å². The molecule has 1 saturated carbocycles. The van der Waals surface area contributed by atoms with Gasteiger partial charge in [0.15, 0.2) is 0 Å². The molecule has 0 aromatic rings. The molecule has 1 saturated heterocycles. The van der Waals surface area contributed by atoms with Gasteiger partial charge in [-0.2, -0.15) is 0 Å². The van der Waals surface area contributed by atoms with Crippen LogP contribution in [0.2, 0.25) is 0 Å². The third kappa shape index (κ3) is 3.05. The van der Waals surface area contributed by atoms with Gasteiger partial charge < -0.3 is 10.1 Å². The Labute approximate surface area is 125 Å². The van der Waals surface area contributed by atoms with Gasteiger partial charge in [0.2, 0.25) is 0 Å². The Hall–Kier alpha value is -0.120. The smallest absolute Gasteiger partial charge is 0.0477 e. The summed E-state index contributed by atoms with van der Waals surface area (Å²) in [4.78, 5) is 2.81. The fraction of sp³-hybridized carbons (Fsp3) is 1.00. The number of hydrogen-bond acceptors (Lipinski definition) is 3. The van der Waals surface area contributed by atoms with E-state index in [0.717, 1.165) is 25.5 Å². The molecule has 0 bridgehead atoms. The minimum Gasteiger partial charge on any atom is -0.385 e. The number of hydrogen-bond donors (Lipinski definition) is 1. The van der Waals surface area contributed by atoms with Crippen molar-refractivity contribution in [1.29, 1.82) is 0 Å². The maximum atomic E-state index is 5.31. The normalized spacial score (nSPS) is 32.2. The summed E-state index contributed by atoms with van der Waals surface area (Å²) in [5, 5.41) is 3.92. The molecule has 2 rings (SSSR count). The van der Waals surface area contributed by atoms with Crippen molar-refractivity contribution in [3.8, 4) is 0 Å². The van der Waals surface area contributed by atoms with Gasteiger partial charge in [0.1, 0.15) is 0 Å². The van der Waals surface area contributed by atoms with E-state index in [-0.39, 0.29) is 0 Å². The zero-order valence-corrected chi connectivity index (χ0v) is 14.2. The van der Waals surface area contributed by atoms with Gasteiger partial charge in [-0.25, -0.2) is 0 Å². The van der Waals surface area contributed by atoms with Gasteiger partial charge in [0, 0.05) is 43.9 Å². The Balaban J connectivity index is 2.13. The fourth-order valence-electron chi connectivity index (χ4n) is 4.01. The van der Waals surface area contributed by atoms with Crippen LogP contribution >= 0.6 is 0 Å². The summed E-state index contributed by atoms with van der Waals surface area (Å²) in [6.07, 6.45) is 6.42. The zero-order chi connectivity index (χ0) is 14.8. The lowest BCUT2D eigenvalue weighted by molar-refractivity contribution is -0.0363. The predicted molar refractivity (Wildman–Crippen MR) is 85.1 cm³/mol. The van der Waals surface area contributed by atoms with Crippen molar-refractivity contribution in [3.63, 3.8) is 0 Å². The molecule has 20 heavy (non-hydrogen) atoms. The van der Waals surface area contributed by atoms with E-state index < -0.39 is 0 Å². The van der Waals surface area contributed by atoms with Gasteiger partial charge in [-0.1, -0.05) is 13.8 Å². The van der Waals surface area contributed by atoms with Crippen molar-refractivity contribution in [2.24, 2.45) is 5.92 Å². The second-order valence-electron chi connectivity index (χ2n) is 7.24. The lowest BCUT2D eigenvalue weighted by Gasteiger charge is -2.56. The quantitative estimate of drug-likeness (QED) is 0.777. The summed E-state index contributed by atoms with van der Waals surface area (Å²) in [6.45, 7) is 12.7. The Morgan fingerprint density at radius 3 is 2.45 bits per heavy atom. The second-order valence-corrected chi connectivity index (χ2v) is 7.24. The van der Waals surface area contributed by atoms with Crippen LogP contribution in [0.1, 0.15) is 59.8 Å². The van der Waals surface area contributed by atoms with Crippen LogP contribution in [0.3, 0.4) is 0 Å². The average molecular weight is 282 g/mol. The van der Waals surface area contributed by atoms with Crippen LogP contribution in [-0.2, 0) is 4.74 Å². The highest BCUT2D eigenvalue weighted by Gasteiger charge is 2.50. The molecule has 3 nitrogen and oxygen atoms in total. The predicted octanol–water partition coefficient (Wildman–Crippen LogP) is 3.04. The third-order valence-corrected chi connectivity index (χ3v) is 6.00. The molecular weight excluding hydrogens is 248 g/mol. The van der Waals surface area contributed by atoms with Crippen molar-refractivity contribution in [3.05, 3.63) is 0 Å². The molecule has 2 atom stereocenters. The number of nitrogens with one attached hydrogen (secondary N) is 1. The lowest BCUT2D eigenvalue weighted by Crippen LogP contribution is -2.71. The molecule has 118 valence electrons. The SMILES string of the molecule is CCC1(CC)CNC(C)(C2CC2)CN1C(C)CCOC. The van der Waals surface area contributed by atoms with Crippen molar-refractivity contribution in [1.82, 2.24) is 10.2 Å². The minimum atomic E-state index is 0.329. The second kappa shape index (κ2) is 6.33. The maximum absolute atomic E-state index is 5.31. The van der Waals surface area contributed by atoms with Crippen molar-refractivity contribution >= 4 is 0 Å². The number of methoxy groups -OCH3 is 1. The standard InChI is InChI=1S/C17H34N2O/c1-6-17(7-2)12-18-16(4,15-8-9-15)13-19(17)14(3)10-11-20-5/h14-15,18H,6-13H2,1-5H3. The summed E-state index contributed by atoms with van der Waals surface area (Å²) in [6, 6.07) is 0.607. The molecule has 0 spiro atoms. The van der Waals surface area contributed by atoms with Crippen molar-refractivity contribution < 1.29 is 4.74 Å². The molecule has 0 amide bonds. The summed E-state index contributed by atoms with van der Waals surface area (Å²) >= 11 is 0. The molecule has 2 aliphatic rings.